The highest BCUT2D eigenvalue weighted by atomic mass is 32.3. The standard InChI is InChI=1S/C26H24F10O4S2/c27-21-9-15-7-16(10-21)12-22(11-15,13-21)42(39,40)20(19-6-5-17-3-1-2-4-18(17)8-19)41(37,38)14-23(24(28,29)30,25(31,32)33)26(34,35)36/h1-5,8,15-16H,6-7,9-14H2. The highest BCUT2D eigenvalue weighted by Crippen LogP contribution is 2.64. The van der Waals surface area contributed by atoms with E-state index in [1.54, 1.807) is 6.07 Å². The Labute approximate surface area is 234 Å². The van der Waals surface area contributed by atoms with Crippen LogP contribution in [0.15, 0.2) is 34.1 Å². The first-order chi connectivity index (χ1) is 19.0. The van der Waals surface area contributed by atoms with E-state index in [9.17, 15) is 56.3 Å². The maximum absolute atomic E-state index is 15.7. The summed E-state index contributed by atoms with van der Waals surface area (Å²) < 4.78 is 192. The van der Waals surface area contributed by atoms with Crippen LogP contribution in [0.3, 0.4) is 0 Å². The van der Waals surface area contributed by atoms with Crippen molar-refractivity contribution in [1.82, 2.24) is 0 Å². The van der Waals surface area contributed by atoms with Gasteiger partial charge < -0.3 is 0 Å². The first-order valence-corrected chi connectivity index (χ1v) is 16.0. The van der Waals surface area contributed by atoms with Crippen molar-refractivity contribution in [1.29, 1.82) is 0 Å². The van der Waals surface area contributed by atoms with E-state index in [2.05, 4.69) is 0 Å². The second-order valence-electron chi connectivity index (χ2n) is 12.0. The normalized spacial score (nSPS) is 31.3. The highest BCUT2D eigenvalue weighted by molar-refractivity contribution is 8.15. The van der Waals surface area contributed by atoms with Gasteiger partial charge in [-0.2, -0.15) is 39.5 Å². The summed E-state index contributed by atoms with van der Waals surface area (Å²) in [5, 5.41) is 0.561. The molecule has 4 saturated carbocycles. The van der Waals surface area contributed by atoms with Crippen LogP contribution in [0, 0.1) is 17.3 Å². The first kappa shape index (κ1) is 31.3. The van der Waals surface area contributed by atoms with E-state index in [1.807, 2.05) is 0 Å². The molecule has 0 amide bonds. The van der Waals surface area contributed by atoms with Crippen molar-refractivity contribution in [3.05, 3.63) is 44.5 Å². The van der Waals surface area contributed by atoms with Gasteiger partial charge in [-0.1, -0.05) is 30.3 Å². The van der Waals surface area contributed by atoms with E-state index in [-0.39, 0.29) is 30.9 Å². The number of alkyl halides is 10. The molecule has 0 radical (unpaired) electrons. The lowest BCUT2D eigenvalue weighted by Gasteiger charge is -2.58. The Hall–Kier alpha value is -2.10. The maximum Gasteiger partial charge on any atom is 0.413 e. The van der Waals surface area contributed by atoms with Crippen LogP contribution < -0.4 is 10.4 Å². The van der Waals surface area contributed by atoms with Crippen LogP contribution in [0.1, 0.15) is 44.9 Å². The lowest BCUT2D eigenvalue weighted by atomic mass is 9.54. The molecule has 0 spiro atoms. The lowest BCUT2D eigenvalue weighted by molar-refractivity contribution is -0.418. The van der Waals surface area contributed by atoms with Gasteiger partial charge in [0, 0.05) is 6.42 Å². The summed E-state index contributed by atoms with van der Waals surface area (Å²) >= 11 is 0. The molecule has 0 N–H and O–H groups in total. The molecule has 1 aromatic carbocycles. The van der Waals surface area contributed by atoms with E-state index in [0.29, 0.717) is 11.6 Å². The van der Waals surface area contributed by atoms with Crippen LogP contribution in [0.4, 0.5) is 43.9 Å². The molecule has 4 fully saturated rings. The van der Waals surface area contributed by atoms with Crippen molar-refractivity contribution in [2.24, 2.45) is 17.3 Å². The first-order valence-electron chi connectivity index (χ1n) is 12.8. The van der Waals surface area contributed by atoms with Crippen LogP contribution in [0.5, 0.6) is 0 Å². The molecule has 4 bridgehead atoms. The van der Waals surface area contributed by atoms with Gasteiger partial charge in [0.1, 0.15) is 5.67 Å². The minimum atomic E-state index is -7.23. The van der Waals surface area contributed by atoms with E-state index in [1.165, 1.54) is 24.3 Å². The average molecular weight is 655 g/mol. The van der Waals surface area contributed by atoms with Crippen LogP contribution in [-0.4, -0.2) is 51.5 Å². The highest BCUT2D eigenvalue weighted by Gasteiger charge is 2.85. The summed E-state index contributed by atoms with van der Waals surface area (Å²) in [6.45, 7) is 0. The second kappa shape index (κ2) is 9.21. The minimum absolute atomic E-state index is 0.0496. The van der Waals surface area contributed by atoms with Gasteiger partial charge >= 0.3 is 18.5 Å². The monoisotopic (exact) mass is 654 g/mol. The van der Waals surface area contributed by atoms with Gasteiger partial charge in [0.15, 0.2) is 23.9 Å². The summed E-state index contributed by atoms with van der Waals surface area (Å²) in [6.07, 6.45) is -21.2. The Morgan fingerprint density at radius 1 is 0.786 bits per heavy atom. The van der Waals surface area contributed by atoms with Crippen molar-refractivity contribution < 1.29 is 60.7 Å². The third-order valence-electron chi connectivity index (χ3n) is 9.02. The fourth-order valence-corrected chi connectivity index (χ4v) is 13.7. The van der Waals surface area contributed by atoms with Crippen LogP contribution >= 0.6 is 0 Å². The molecule has 6 rings (SSSR count). The molecule has 0 saturated heterocycles. The molecular weight excluding hydrogens is 630 g/mol. The molecule has 5 aliphatic carbocycles. The SMILES string of the molecule is O=S(=O)(CC(C(F)(F)F)(C(F)(F)F)C(F)(F)F)C(=C1C=c2ccccc2=CC1)S(=O)(=O)C12CC3CC(CC(F)(C3)C1)C2. The molecule has 2 atom stereocenters. The van der Waals surface area contributed by atoms with Crippen molar-refractivity contribution in [2.75, 3.05) is 5.75 Å². The van der Waals surface area contributed by atoms with Gasteiger partial charge in [-0.05, 0) is 72.4 Å². The number of halogens is 10. The zero-order valence-corrected chi connectivity index (χ0v) is 23.1. The molecule has 16 heteroatoms. The summed E-state index contributed by atoms with van der Waals surface area (Å²) in [6, 6.07) is 5.85. The third-order valence-corrected chi connectivity index (χ3v) is 14.4. The van der Waals surface area contributed by atoms with Gasteiger partial charge in [-0.15, -0.1) is 0 Å². The van der Waals surface area contributed by atoms with Gasteiger partial charge in [0.25, 0.3) is 5.41 Å². The van der Waals surface area contributed by atoms with Crippen molar-refractivity contribution >= 4 is 31.8 Å². The molecule has 1 aromatic rings. The van der Waals surface area contributed by atoms with E-state index in [0.717, 1.165) is 6.08 Å². The average Bonchev–Trinajstić information content (AvgIpc) is 2.78. The lowest BCUT2D eigenvalue weighted by Crippen LogP contribution is -2.64. The Bertz CT molecular complexity index is 1620. The van der Waals surface area contributed by atoms with E-state index >= 15 is 4.39 Å². The summed E-state index contributed by atoms with van der Waals surface area (Å²) in [4.78, 5) is 0. The molecular formula is C26H24F10O4S2. The zero-order valence-electron chi connectivity index (χ0n) is 21.5. The number of allylic oxidation sites excluding steroid dienone is 1. The van der Waals surface area contributed by atoms with Crippen LogP contribution in [0.25, 0.3) is 12.2 Å². The molecule has 4 nitrogen and oxygen atoms in total. The van der Waals surface area contributed by atoms with Crippen molar-refractivity contribution in [3.8, 4) is 0 Å². The predicted molar refractivity (Wildman–Crippen MR) is 131 cm³/mol. The third kappa shape index (κ3) is 4.60. The fourth-order valence-electron chi connectivity index (χ4n) is 7.63. The second-order valence-corrected chi connectivity index (χ2v) is 16.4. The van der Waals surface area contributed by atoms with Gasteiger partial charge in [0.05, 0.1) is 10.5 Å². The predicted octanol–water partition coefficient (Wildman–Crippen LogP) is 5.43. The molecule has 0 aliphatic heterocycles. The molecule has 0 aromatic heterocycles. The number of hydrogen-bond acceptors (Lipinski definition) is 4. The number of rotatable bonds is 5. The topological polar surface area (TPSA) is 68.3 Å². The fraction of sp³-hybridized carbons (Fsp3) is 0.615. The molecule has 234 valence electrons. The number of benzene rings is 1. The Kier molecular flexibility index (Phi) is 6.87. The van der Waals surface area contributed by atoms with Crippen LogP contribution in [0.2, 0.25) is 0 Å². The molecule has 5 aliphatic rings. The van der Waals surface area contributed by atoms with Crippen LogP contribution in [-0.2, 0) is 19.7 Å². The summed E-state index contributed by atoms with van der Waals surface area (Å²) in [7, 11) is -12.1. The minimum Gasteiger partial charge on any atom is -0.244 e. The Morgan fingerprint density at radius 3 is 1.76 bits per heavy atom. The van der Waals surface area contributed by atoms with E-state index in [4.69, 9.17) is 0 Å². The zero-order chi connectivity index (χ0) is 31.4. The van der Waals surface area contributed by atoms with E-state index < -0.39 is 94.3 Å². The Balaban J connectivity index is 1.79. The van der Waals surface area contributed by atoms with Gasteiger partial charge in [-0.25, -0.2) is 21.2 Å². The van der Waals surface area contributed by atoms with Crippen molar-refractivity contribution in [2.45, 2.75) is 73.9 Å². The van der Waals surface area contributed by atoms with Gasteiger partial charge in [-0.3, -0.25) is 0 Å². The van der Waals surface area contributed by atoms with Crippen molar-refractivity contribution in [3.63, 3.8) is 0 Å². The number of hydrogen-bond donors (Lipinski definition) is 0. The summed E-state index contributed by atoms with van der Waals surface area (Å²) in [5.74, 6) is -4.78. The smallest absolute Gasteiger partial charge is 0.244 e. The van der Waals surface area contributed by atoms with Gasteiger partial charge in [0.2, 0.25) is 0 Å². The molecule has 42 heavy (non-hydrogen) atoms. The number of fused-ring (bicyclic) bond motifs is 1. The Morgan fingerprint density at radius 2 is 1.29 bits per heavy atom. The molecule has 2 unspecified atom stereocenters. The quantitative estimate of drug-likeness (QED) is 0.398. The summed E-state index contributed by atoms with van der Waals surface area (Å²) in [5.41, 5.74) is -9.65. The largest absolute Gasteiger partial charge is 0.413 e. The maximum atomic E-state index is 15.7. The molecule has 0 heterocycles. The number of sulfone groups is 2.